The number of rotatable bonds is 9. The van der Waals surface area contributed by atoms with Crippen LogP contribution in [0.3, 0.4) is 0 Å². The molecule has 3 fully saturated rings. The van der Waals surface area contributed by atoms with Crippen molar-refractivity contribution in [2.45, 2.75) is 90.0 Å². The van der Waals surface area contributed by atoms with Gasteiger partial charge in [-0.25, -0.2) is 0 Å². The normalized spacial score (nSPS) is 24.8. The molecule has 1 saturated carbocycles. The van der Waals surface area contributed by atoms with Crippen LogP contribution in [0, 0.1) is 5.92 Å². The molecule has 40 heavy (non-hydrogen) atoms. The van der Waals surface area contributed by atoms with E-state index in [1.54, 1.807) is 6.07 Å². The van der Waals surface area contributed by atoms with Crippen LogP contribution in [0.4, 0.5) is 11.4 Å². The number of carbonyl (C=O) groups is 2. The third-order valence-corrected chi connectivity index (χ3v) is 8.96. The second-order valence-corrected chi connectivity index (χ2v) is 12.0. The van der Waals surface area contributed by atoms with Gasteiger partial charge in [0.05, 0.1) is 35.7 Å². The number of amides is 2. The first-order valence-corrected chi connectivity index (χ1v) is 15.1. The highest BCUT2D eigenvalue weighted by Crippen LogP contribution is 2.40. The molecule has 1 aromatic carbocycles. The summed E-state index contributed by atoms with van der Waals surface area (Å²) in [5.74, 6) is 0.429. The third kappa shape index (κ3) is 5.67. The van der Waals surface area contributed by atoms with Gasteiger partial charge in [0.1, 0.15) is 0 Å². The maximum Gasteiger partial charge on any atom is 0.258 e. The quantitative estimate of drug-likeness (QED) is 0.391. The van der Waals surface area contributed by atoms with E-state index in [2.05, 4.69) is 44.5 Å². The first kappa shape index (κ1) is 27.0. The maximum absolute atomic E-state index is 13.1. The van der Waals surface area contributed by atoms with Crippen molar-refractivity contribution < 1.29 is 14.3 Å². The van der Waals surface area contributed by atoms with E-state index in [9.17, 15) is 9.59 Å². The van der Waals surface area contributed by atoms with Crippen molar-refractivity contribution in [3.8, 4) is 0 Å². The molecule has 9 heteroatoms. The van der Waals surface area contributed by atoms with Crippen molar-refractivity contribution in [3.05, 3.63) is 47.4 Å². The first-order chi connectivity index (χ1) is 19.4. The van der Waals surface area contributed by atoms with Crippen molar-refractivity contribution in [1.29, 1.82) is 0 Å². The van der Waals surface area contributed by atoms with Crippen LogP contribution in [-0.2, 0) is 9.53 Å². The lowest BCUT2D eigenvalue weighted by Gasteiger charge is -2.34. The molecule has 2 unspecified atom stereocenters. The monoisotopic (exact) mass is 546 g/mol. The van der Waals surface area contributed by atoms with Gasteiger partial charge in [0, 0.05) is 54.4 Å². The fourth-order valence-electron chi connectivity index (χ4n) is 6.39. The van der Waals surface area contributed by atoms with Crippen LogP contribution < -0.4 is 16.0 Å². The Kier molecular flexibility index (Phi) is 7.68. The highest BCUT2D eigenvalue weighted by atomic mass is 16.5. The predicted octanol–water partition coefficient (Wildman–Crippen LogP) is 4.80. The zero-order valence-electron chi connectivity index (χ0n) is 23.9. The summed E-state index contributed by atoms with van der Waals surface area (Å²) >= 11 is 0. The van der Waals surface area contributed by atoms with Gasteiger partial charge < -0.3 is 25.6 Å². The Hall–Kier alpha value is -3.17. The van der Waals surface area contributed by atoms with E-state index in [4.69, 9.17) is 4.74 Å². The standard InChI is InChI=1S/C31H42N6O3/c1-4-26(34-22-16-33-37(18-22)23-11-13-36(14-12-23)19(2)3)29-25-15-21(7-9-27(25)35-31(29)39)30(38)32-17-24-8-10-28(40-24)20-5-6-20/h7,9,15-16,18-20,23-24,28,34H,4-6,8,10-14,17H2,1-3H3,(H,32,38)(H,35,39). The molecule has 2 saturated heterocycles. The molecule has 0 spiro atoms. The largest absolute Gasteiger partial charge is 0.373 e. The van der Waals surface area contributed by atoms with Crippen molar-refractivity contribution >= 4 is 28.8 Å². The Morgan fingerprint density at radius 1 is 1.15 bits per heavy atom. The molecule has 1 aromatic heterocycles. The van der Waals surface area contributed by atoms with Crippen LogP contribution >= 0.6 is 0 Å². The van der Waals surface area contributed by atoms with Gasteiger partial charge in [0.2, 0.25) is 0 Å². The van der Waals surface area contributed by atoms with Crippen molar-refractivity contribution in [2.24, 2.45) is 5.92 Å². The molecule has 214 valence electrons. The number of fused-ring (bicyclic) bond motifs is 1. The number of anilines is 2. The second-order valence-electron chi connectivity index (χ2n) is 12.0. The number of allylic oxidation sites excluding steroid dienone is 1. The number of likely N-dealkylation sites (tertiary alicyclic amines) is 1. The number of aromatic nitrogens is 2. The molecule has 3 aliphatic heterocycles. The van der Waals surface area contributed by atoms with Crippen LogP contribution in [0.2, 0.25) is 0 Å². The maximum atomic E-state index is 13.1. The molecular formula is C31H42N6O3. The molecule has 0 radical (unpaired) electrons. The molecule has 6 rings (SSSR count). The number of nitrogens with one attached hydrogen (secondary N) is 3. The number of benzene rings is 1. The molecule has 9 nitrogen and oxygen atoms in total. The van der Waals surface area contributed by atoms with Gasteiger partial charge in [-0.1, -0.05) is 6.92 Å². The number of ether oxygens (including phenoxy) is 1. The van der Waals surface area contributed by atoms with Crippen LogP contribution in [0.1, 0.15) is 87.7 Å². The van der Waals surface area contributed by atoms with E-state index in [-0.39, 0.29) is 17.9 Å². The Bertz CT molecular complexity index is 1290. The Morgan fingerprint density at radius 2 is 1.95 bits per heavy atom. The molecule has 0 bridgehead atoms. The second kappa shape index (κ2) is 11.4. The van der Waals surface area contributed by atoms with Crippen LogP contribution in [-0.4, -0.2) is 64.4 Å². The smallest absolute Gasteiger partial charge is 0.258 e. The number of hydrogen-bond acceptors (Lipinski definition) is 6. The van der Waals surface area contributed by atoms with Gasteiger partial charge in [-0.15, -0.1) is 0 Å². The van der Waals surface area contributed by atoms with Gasteiger partial charge in [-0.3, -0.25) is 14.3 Å². The minimum absolute atomic E-state index is 0.0854. The van der Waals surface area contributed by atoms with E-state index in [1.807, 2.05) is 31.5 Å². The van der Waals surface area contributed by atoms with Gasteiger partial charge in [0.15, 0.2) is 0 Å². The van der Waals surface area contributed by atoms with Crippen LogP contribution in [0.25, 0.3) is 5.57 Å². The lowest BCUT2D eigenvalue weighted by Crippen LogP contribution is -2.39. The first-order valence-electron chi connectivity index (χ1n) is 15.1. The molecule has 1 aliphatic carbocycles. The Labute approximate surface area is 236 Å². The number of nitrogens with zero attached hydrogens (tertiary/aromatic N) is 3. The minimum atomic E-state index is -0.157. The third-order valence-electron chi connectivity index (χ3n) is 8.96. The van der Waals surface area contributed by atoms with Gasteiger partial charge in [-0.2, -0.15) is 5.10 Å². The van der Waals surface area contributed by atoms with E-state index < -0.39 is 0 Å². The predicted molar refractivity (Wildman–Crippen MR) is 156 cm³/mol. The summed E-state index contributed by atoms with van der Waals surface area (Å²) < 4.78 is 8.20. The van der Waals surface area contributed by atoms with E-state index in [1.165, 1.54) is 12.8 Å². The SMILES string of the molecule is CCC(Nc1cnn(C2CCN(C(C)C)CC2)c1)=C1C(=O)Nc2ccc(C(=O)NCC3CCC(C4CC4)O3)cc21. The molecule has 4 heterocycles. The van der Waals surface area contributed by atoms with Gasteiger partial charge >= 0.3 is 0 Å². The highest BCUT2D eigenvalue weighted by molar-refractivity contribution is 6.32. The molecule has 2 atom stereocenters. The lowest BCUT2D eigenvalue weighted by molar-refractivity contribution is -0.110. The molecule has 3 N–H and O–H groups in total. The van der Waals surface area contributed by atoms with E-state index >= 15 is 0 Å². The minimum Gasteiger partial charge on any atom is -0.373 e. The van der Waals surface area contributed by atoms with Crippen LogP contribution in [0.5, 0.6) is 0 Å². The summed E-state index contributed by atoms with van der Waals surface area (Å²) in [6, 6.07) is 6.37. The summed E-state index contributed by atoms with van der Waals surface area (Å²) in [5.41, 5.74) is 4.28. The fraction of sp³-hybridized carbons (Fsp3) is 0.581. The lowest BCUT2D eigenvalue weighted by atomic mass is 10.0. The Balaban J connectivity index is 1.13. The van der Waals surface area contributed by atoms with Crippen molar-refractivity contribution in [2.75, 3.05) is 30.3 Å². The topological polar surface area (TPSA) is 101 Å². The molecule has 2 aromatic rings. The van der Waals surface area contributed by atoms with Crippen molar-refractivity contribution in [1.82, 2.24) is 20.0 Å². The summed E-state index contributed by atoms with van der Waals surface area (Å²) in [7, 11) is 0. The number of hydrogen-bond donors (Lipinski definition) is 3. The highest BCUT2D eigenvalue weighted by Gasteiger charge is 2.37. The average Bonchev–Trinajstić information content (AvgIpc) is 3.36. The number of piperidine rings is 1. The summed E-state index contributed by atoms with van der Waals surface area (Å²) in [6.07, 6.45) is 11.8. The zero-order chi connectivity index (χ0) is 27.8. The summed E-state index contributed by atoms with van der Waals surface area (Å²) in [5, 5.41) is 14.1. The van der Waals surface area contributed by atoms with Gasteiger partial charge in [-0.05, 0) is 82.9 Å². The summed E-state index contributed by atoms with van der Waals surface area (Å²) in [4.78, 5) is 28.6. The average molecular weight is 547 g/mol. The van der Waals surface area contributed by atoms with E-state index in [0.29, 0.717) is 42.3 Å². The summed E-state index contributed by atoms with van der Waals surface area (Å²) in [6.45, 7) is 9.20. The van der Waals surface area contributed by atoms with Gasteiger partial charge in [0.25, 0.3) is 11.8 Å². The fourth-order valence-corrected chi connectivity index (χ4v) is 6.39. The molecule has 4 aliphatic rings. The zero-order valence-corrected chi connectivity index (χ0v) is 23.9. The molecular weight excluding hydrogens is 504 g/mol. The molecule has 2 amide bonds. The number of carbonyl (C=O) groups excluding carboxylic acids is 2. The van der Waals surface area contributed by atoms with Crippen molar-refractivity contribution in [3.63, 3.8) is 0 Å². The Morgan fingerprint density at radius 3 is 2.67 bits per heavy atom. The van der Waals surface area contributed by atoms with Crippen LogP contribution in [0.15, 0.2) is 36.3 Å². The van der Waals surface area contributed by atoms with E-state index in [0.717, 1.165) is 67.3 Å².